The summed E-state index contributed by atoms with van der Waals surface area (Å²) in [6.45, 7) is 3.37. The second-order valence-corrected chi connectivity index (χ2v) is 5.06. The van der Waals surface area contributed by atoms with Gasteiger partial charge in [0.05, 0.1) is 11.0 Å². The Morgan fingerprint density at radius 2 is 2.00 bits per heavy atom. The SMILES string of the molecule is CC1(C)[C@H](C(=O)O)[C@@H]1/C=C(/Cl)C(F)(F)Cl. The molecule has 15 heavy (non-hydrogen) atoms. The fourth-order valence-corrected chi connectivity index (χ4v) is 1.91. The minimum absolute atomic E-state index is 0.493. The number of alkyl halides is 3. The molecule has 1 N–H and O–H groups in total. The highest BCUT2D eigenvalue weighted by atomic mass is 35.5. The van der Waals surface area contributed by atoms with Crippen molar-refractivity contribution >= 4 is 29.2 Å². The van der Waals surface area contributed by atoms with Gasteiger partial charge in [0.2, 0.25) is 0 Å². The van der Waals surface area contributed by atoms with Crippen LogP contribution in [0.3, 0.4) is 0 Å². The zero-order chi connectivity index (χ0) is 12.0. The summed E-state index contributed by atoms with van der Waals surface area (Å²) in [6.07, 6.45) is 1.04. The molecule has 86 valence electrons. The van der Waals surface area contributed by atoms with Crippen LogP contribution in [0.15, 0.2) is 11.1 Å². The molecule has 0 radical (unpaired) electrons. The van der Waals surface area contributed by atoms with E-state index in [1.807, 2.05) is 0 Å². The Labute approximate surface area is 95.9 Å². The average molecular weight is 259 g/mol. The minimum Gasteiger partial charge on any atom is -0.481 e. The van der Waals surface area contributed by atoms with Gasteiger partial charge in [0.15, 0.2) is 0 Å². The van der Waals surface area contributed by atoms with Crippen molar-refractivity contribution < 1.29 is 18.7 Å². The van der Waals surface area contributed by atoms with Gasteiger partial charge in [-0.15, -0.1) is 0 Å². The molecule has 1 aliphatic carbocycles. The molecule has 0 aromatic rings. The summed E-state index contributed by atoms with van der Waals surface area (Å²) in [6, 6.07) is 0. The van der Waals surface area contributed by atoms with E-state index >= 15 is 0 Å². The van der Waals surface area contributed by atoms with Gasteiger partial charge in [0.25, 0.3) is 0 Å². The molecule has 0 saturated heterocycles. The van der Waals surface area contributed by atoms with Crippen molar-refractivity contribution in [2.75, 3.05) is 0 Å². The molecule has 0 aliphatic heterocycles. The van der Waals surface area contributed by atoms with Crippen molar-refractivity contribution in [2.24, 2.45) is 17.3 Å². The normalized spacial score (nSPS) is 30.1. The van der Waals surface area contributed by atoms with Crippen LogP contribution in [0.25, 0.3) is 0 Å². The van der Waals surface area contributed by atoms with Crippen molar-refractivity contribution in [1.82, 2.24) is 0 Å². The van der Waals surface area contributed by atoms with Gasteiger partial charge >= 0.3 is 11.4 Å². The lowest BCUT2D eigenvalue weighted by Gasteiger charge is -2.05. The third-order valence-corrected chi connectivity index (χ3v) is 3.44. The molecule has 0 unspecified atom stereocenters. The molecule has 0 heterocycles. The number of hydrogen-bond donors (Lipinski definition) is 1. The lowest BCUT2D eigenvalue weighted by atomic mass is 10.1. The Bertz CT molecular complexity index is 321. The number of halogens is 4. The number of carboxylic acid groups (broad SMARTS) is 1. The zero-order valence-corrected chi connectivity index (χ0v) is 9.61. The van der Waals surface area contributed by atoms with Gasteiger partial charge in [0.1, 0.15) is 0 Å². The summed E-state index contributed by atoms with van der Waals surface area (Å²) in [5, 5.41) is 4.35. The highest BCUT2D eigenvalue weighted by Crippen LogP contribution is 2.60. The highest BCUT2D eigenvalue weighted by molar-refractivity contribution is 6.38. The summed E-state index contributed by atoms with van der Waals surface area (Å²) in [5.41, 5.74) is -0.548. The Kier molecular flexibility index (Phi) is 3.05. The summed E-state index contributed by atoms with van der Waals surface area (Å²) < 4.78 is 25.0. The second-order valence-electron chi connectivity index (χ2n) is 4.18. The van der Waals surface area contributed by atoms with E-state index in [1.165, 1.54) is 0 Å². The Morgan fingerprint density at radius 3 is 2.27 bits per heavy atom. The largest absolute Gasteiger partial charge is 0.481 e. The first-order valence-corrected chi connectivity index (χ1v) is 5.01. The van der Waals surface area contributed by atoms with Crippen LogP contribution in [-0.4, -0.2) is 16.5 Å². The fourth-order valence-electron chi connectivity index (χ4n) is 1.71. The molecule has 0 aromatic heterocycles. The minimum atomic E-state index is -3.62. The summed E-state index contributed by atoms with van der Waals surface area (Å²) >= 11 is 9.97. The van der Waals surface area contributed by atoms with E-state index < -0.39 is 33.6 Å². The molecule has 0 spiro atoms. The molecule has 2 atom stereocenters. The zero-order valence-electron chi connectivity index (χ0n) is 8.10. The molecule has 0 bridgehead atoms. The van der Waals surface area contributed by atoms with E-state index in [2.05, 4.69) is 0 Å². The predicted molar refractivity (Wildman–Crippen MR) is 53.1 cm³/mol. The van der Waals surface area contributed by atoms with E-state index in [4.69, 9.17) is 28.3 Å². The Balaban J connectivity index is 2.83. The lowest BCUT2D eigenvalue weighted by molar-refractivity contribution is -0.139. The maximum absolute atomic E-state index is 12.5. The van der Waals surface area contributed by atoms with Crippen LogP contribution in [0.2, 0.25) is 0 Å². The van der Waals surface area contributed by atoms with Gasteiger partial charge in [0, 0.05) is 0 Å². The van der Waals surface area contributed by atoms with Gasteiger partial charge < -0.3 is 5.11 Å². The smallest absolute Gasteiger partial charge is 0.358 e. The van der Waals surface area contributed by atoms with Crippen LogP contribution in [0, 0.1) is 17.3 Å². The number of carboxylic acids is 1. The lowest BCUT2D eigenvalue weighted by Crippen LogP contribution is -2.06. The fraction of sp³-hybridized carbons (Fsp3) is 0.667. The monoisotopic (exact) mass is 258 g/mol. The van der Waals surface area contributed by atoms with Gasteiger partial charge in [-0.3, -0.25) is 4.79 Å². The molecule has 1 rings (SSSR count). The molecule has 1 saturated carbocycles. The van der Waals surface area contributed by atoms with E-state index in [9.17, 15) is 13.6 Å². The Hall–Kier alpha value is -0.350. The van der Waals surface area contributed by atoms with E-state index in [0.717, 1.165) is 6.08 Å². The summed E-state index contributed by atoms with van der Waals surface area (Å²) in [4.78, 5) is 10.7. The highest BCUT2D eigenvalue weighted by Gasteiger charge is 2.61. The molecule has 0 amide bonds. The first-order chi connectivity index (χ1) is 6.58. The maximum atomic E-state index is 12.5. The van der Waals surface area contributed by atoms with Gasteiger partial charge in [-0.05, 0) is 22.9 Å². The standard InChI is InChI=1S/C9H10Cl2F2O2/c1-8(2)4(6(8)7(14)15)3-5(10)9(11,12)13/h3-4,6H,1-2H3,(H,14,15)/b5-3+/t4-,6-/m0/s1. The average Bonchev–Trinajstić information content (AvgIpc) is 2.50. The molecule has 1 fully saturated rings. The molecule has 6 heteroatoms. The molecular formula is C9H10Cl2F2O2. The van der Waals surface area contributed by atoms with Gasteiger partial charge in [-0.25, -0.2) is 0 Å². The van der Waals surface area contributed by atoms with E-state index in [0.29, 0.717) is 0 Å². The first kappa shape index (κ1) is 12.7. The molecule has 2 nitrogen and oxygen atoms in total. The third kappa shape index (κ3) is 2.42. The number of aliphatic carboxylic acids is 1. The number of rotatable bonds is 3. The van der Waals surface area contributed by atoms with Crippen LogP contribution in [0.5, 0.6) is 0 Å². The number of allylic oxidation sites excluding steroid dienone is 2. The van der Waals surface area contributed by atoms with Crippen molar-refractivity contribution in [2.45, 2.75) is 19.2 Å². The molecule has 0 aromatic carbocycles. The van der Waals surface area contributed by atoms with Crippen LogP contribution < -0.4 is 0 Å². The van der Waals surface area contributed by atoms with Crippen LogP contribution in [-0.2, 0) is 4.79 Å². The van der Waals surface area contributed by atoms with Crippen molar-refractivity contribution in [3.8, 4) is 0 Å². The van der Waals surface area contributed by atoms with Crippen molar-refractivity contribution in [1.29, 1.82) is 0 Å². The predicted octanol–water partition coefficient (Wildman–Crippen LogP) is 3.30. The first-order valence-electron chi connectivity index (χ1n) is 4.26. The summed E-state index contributed by atoms with van der Waals surface area (Å²) in [7, 11) is 0. The van der Waals surface area contributed by atoms with Gasteiger partial charge in [-0.2, -0.15) is 8.78 Å². The van der Waals surface area contributed by atoms with E-state index in [-0.39, 0.29) is 0 Å². The third-order valence-electron chi connectivity index (χ3n) is 2.77. The number of carbonyl (C=O) groups is 1. The summed E-state index contributed by atoms with van der Waals surface area (Å²) in [5.74, 6) is -2.18. The van der Waals surface area contributed by atoms with Crippen LogP contribution >= 0.6 is 23.2 Å². The second kappa shape index (κ2) is 3.59. The molecular weight excluding hydrogens is 249 g/mol. The van der Waals surface area contributed by atoms with Crippen LogP contribution in [0.4, 0.5) is 8.78 Å². The molecule has 1 aliphatic rings. The van der Waals surface area contributed by atoms with Gasteiger partial charge in [-0.1, -0.05) is 31.5 Å². The number of hydrogen-bond acceptors (Lipinski definition) is 1. The van der Waals surface area contributed by atoms with Crippen molar-refractivity contribution in [3.63, 3.8) is 0 Å². The van der Waals surface area contributed by atoms with Crippen LogP contribution in [0.1, 0.15) is 13.8 Å². The van der Waals surface area contributed by atoms with E-state index in [1.54, 1.807) is 13.8 Å². The quantitative estimate of drug-likeness (QED) is 0.789. The topological polar surface area (TPSA) is 37.3 Å². The van der Waals surface area contributed by atoms with Crippen molar-refractivity contribution in [3.05, 3.63) is 11.1 Å². The Morgan fingerprint density at radius 1 is 1.53 bits per heavy atom. The maximum Gasteiger partial charge on any atom is 0.358 e.